The van der Waals surface area contributed by atoms with E-state index < -0.39 is 0 Å². The van der Waals surface area contributed by atoms with E-state index in [1.54, 1.807) is 0 Å². The van der Waals surface area contributed by atoms with Gasteiger partial charge in [-0.15, -0.1) is 0 Å². The van der Waals surface area contributed by atoms with Crippen LogP contribution in [-0.4, -0.2) is 16.1 Å². The van der Waals surface area contributed by atoms with E-state index in [0.29, 0.717) is 5.54 Å². The van der Waals surface area contributed by atoms with Crippen LogP contribution in [0.3, 0.4) is 0 Å². The van der Waals surface area contributed by atoms with E-state index in [1.807, 2.05) is 0 Å². The van der Waals surface area contributed by atoms with Crippen LogP contribution in [0.4, 0.5) is 0 Å². The molecule has 2 aliphatic rings. The Morgan fingerprint density at radius 1 is 1.28 bits per heavy atom. The fraction of sp³-hybridized carbons (Fsp3) is 0.800. The van der Waals surface area contributed by atoms with Gasteiger partial charge in [0.1, 0.15) is 5.82 Å². The van der Waals surface area contributed by atoms with Gasteiger partial charge in [0.2, 0.25) is 0 Å². The predicted molar refractivity (Wildman–Crippen MR) is 73.7 cm³/mol. The molecule has 3 nitrogen and oxygen atoms in total. The highest BCUT2D eigenvalue weighted by atomic mass is 15.2. The summed E-state index contributed by atoms with van der Waals surface area (Å²) in [5.74, 6) is 1.31. The van der Waals surface area contributed by atoms with Gasteiger partial charge in [0.15, 0.2) is 0 Å². The predicted octanol–water partition coefficient (Wildman–Crippen LogP) is 2.77. The molecule has 1 saturated carbocycles. The first-order valence-electron chi connectivity index (χ1n) is 7.55. The third-order valence-corrected chi connectivity index (χ3v) is 4.74. The lowest BCUT2D eigenvalue weighted by Gasteiger charge is -2.38. The van der Waals surface area contributed by atoms with Crippen LogP contribution >= 0.6 is 0 Å². The van der Waals surface area contributed by atoms with Crippen LogP contribution in [0.5, 0.6) is 0 Å². The number of rotatable bonds is 2. The lowest BCUT2D eigenvalue weighted by Crippen LogP contribution is -2.36. The lowest BCUT2D eigenvalue weighted by atomic mass is 9.82. The summed E-state index contributed by atoms with van der Waals surface area (Å²) in [5.41, 5.74) is 3.17. The Bertz CT molecular complexity index is 427. The second kappa shape index (κ2) is 4.69. The Morgan fingerprint density at radius 2 is 2.06 bits per heavy atom. The Balaban J connectivity index is 2.06. The summed E-state index contributed by atoms with van der Waals surface area (Å²) in [6.07, 6.45) is 9.04. The van der Waals surface area contributed by atoms with Gasteiger partial charge in [0.05, 0.1) is 5.69 Å². The highest BCUT2D eigenvalue weighted by Gasteiger charge is 2.34. The van der Waals surface area contributed by atoms with Crippen LogP contribution in [-0.2, 0) is 24.9 Å². The minimum absolute atomic E-state index is 0.335. The molecule has 1 aliphatic carbocycles. The SMILES string of the molecule is CCc1nc2c(n1C1(C)CCCCC1)CCNC2. The number of nitrogens with zero attached hydrogens (tertiary/aromatic N) is 2. The molecule has 2 heterocycles. The van der Waals surface area contributed by atoms with Crippen molar-refractivity contribution in [3.63, 3.8) is 0 Å². The largest absolute Gasteiger partial charge is 0.326 e. The Labute approximate surface area is 110 Å². The first-order valence-corrected chi connectivity index (χ1v) is 7.55. The molecule has 0 spiro atoms. The molecule has 0 atom stereocenters. The number of imidazole rings is 1. The van der Waals surface area contributed by atoms with Crippen molar-refractivity contribution < 1.29 is 0 Å². The fourth-order valence-corrected chi connectivity index (χ4v) is 3.78. The number of nitrogens with one attached hydrogen (secondary N) is 1. The van der Waals surface area contributed by atoms with E-state index in [4.69, 9.17) is 4.98 Å². The second-order valence-corrected chi connectivity index (χ2v) is 6.09. The van der Waals surface area contributed by atoms with Crippen LogP contribution in [0.25, 0.3) is 0 Å². The average molecular weight is 247 g/mol. The van der Waals surface area contributed by atoms with Gasteiger partial charge in [-0.1, -0.05) is 26.2 Å². The van der Waals surface area contributed by atoms with Gasteiger partial charge in [0, 0.05) is 37.2 Å². The van der Waals surface area contributed by atoms with Crippen molar-refractivity contribution >= 4 is 0 Å². The van der Waals surface area contributed by atoms with E-state index in [-0.39, 0.29) is 0 Å². The molecule has 0 bridgehead atoms. The minimum atomic E-state index is 0.335. The van der Waals surface area contributed by atoms with Crippen LogP contribution in [0.1, 0.15) is 63.2 Å². The molecule has 0 unspecified atom stereocenters. The van der Waals surface area contributed by atoms with Gasteiger partial charge >= 0.3 is 0 Å². The molecule has 0 radical (unpaired) electrons. The molecule has 3 rings (SSSR count). The maximum absolute atomic E-state index is 4.89. The van der Waals surface area contributed by atoms with Crippen molar-refractivity contribution in [3.05, 3.63) is 17.2 Å². The molecule has 100 valence electrons. The molecule has 1 aromatic heterocycles. The number of fused-ring (bicyclic) bond motifs is 1. The zero-order valence-corrected chi connectivity index (χ0v) is 11.8. The topological polar surface area (TPSA) is 29.9 Å². The van der Waals surface area contributed by atoms with Crippen molar-refractivity contribution in [2.45, 2.75) is 70.9 Å². The summed E-state index contributed by atoms with van der Waals surface area (Å²) in [7, 11) is 0. The zero-order chi connectivity index (χ0) is 12.6. The number of hydrogen-bond donors (Lipinski definition) is 1. The maximum Gasteiger partial charge on any atom is 0.109 e. The van der Waals surface area contributed by atoms with E-state index in [0.717, 1.165) is 25.9 Å². The molecule has 1 aliphatic heterocycles. The third kappa shape index (κ3) is 1.89. The Hall–Kier alpha value is -0.830. The van der Waals surface area contributed by atoms with Crippen LogP contribution in [0.2, 0.25) is 0 Å². The van der Waals surface area contributed by atoms with Gasteiger partial charge in [-0.2, -0.15) is 0 Å². The van der Waals surface area contributed by atoms with Gasteiger partial charge in [0.25, 0.3) is 0 Å². The molecular weight excluding hydrogens is 222 g/mol. The van der Waals surface area contributed by atoms with Crippen LogP contribution < -0.4 is 5.32 Å². The lowest BCUT2D eigenvalue weighted by molar-refractivity contribution is 0.207. The van der Waals surface area contributed by atoms with E-state index in [9.17, 15) is 0 Å². The summed E-state index contributed by atoms with van der Waals surface area (Å²) in [6, 6.07) is 0. The van der Waals surface area contributed by atoms with Gasteiger partial charge in [-0.25, -0.2) is 4.98 Å². The van der Waals surface area contributed by atoms with E-state index in [2.05, 4.69) is 23.7 Å². The van der Waals surface area contributed by atoms with Crippen molar-refractivity contribution in [1.29, 1.82) is 0 Å². The molecule has 18 heavy (non-hydrogen) atoms. The monoisotopic (exact) mass is 247 g/mol. The van der Waals surface area contributed by atoms with Crippen molar-refractivity contribution in [2.75, 3.05) is 6.54 Å². The molecule has 1 fully saturated rings. The zero-order valence-electron chi connectivity index (χ0n) is 11.8. The quantitative estimate of drug-likeness (QED) is 0.871. The third-order valence-electron chi connectivity index (χ3n) is 4.74. The smallest absolute Gasteiger partial charge is 0.109 e. The van der Waals surface area contributed by atoms with Gasteiger partial charge in [-0.3, -0.25) is 0 Å². The standard InChI is InChI=1S/C15H25N3/c1-3-14-17-12-11-16-10-7-13(12)18(14)15(2)8-5-4-6-9-15/h16H,3-11H2,1-2H3. The fourth-order valence-electron chi connectivity index (χ4n) is 3.78. The van der Waals surface area contributed by atoms with Crippen molar-refractivity contribution in [2.24, 2.45) is 0 Å². The molecule has 3 heteroatoms. The molecule has 1 N–H and O–H groups in total. The Kier molecular flexibility index (Phi) is 3.18. The van der Waals surface area contributed by atoms with Crippen LogP contribution in [0, 0.1) is 0 Å². The first kappa shape index (κ1) is 12.2. The summed E-state index contributed by atoms with van der Waals surface area (Å²) in [4.78, 5) is 4.89. The van der Waals surface area contributed by atoms with Crippen molar-refractivity contribution in [1.82, 2.24) is 14.9 Å². The van der Waals surface area contributed by atoms with Gasteiger partial charge in [-0.05, 0) is 19.8 Å². The summed E-state index contributed by atoms with van der Waals surface area (Å²) >= 11 is 0. The Morgan fingerprint density at radius 3 is 2.78 bits per heavy atom. The van der Waals surface area contributed by atoms with Gasteiger partial charge < -0.3 is 9.88 Å². The summed E-state index contributed by atoms with van der Waals surface area (Å²) in [6.45, 7) is 6.77. The van der Waals surface area contributed by atoms with Crippen LogP contribution in [0.15, 0.2) is 0 Å². The molecule has 1 aromatic rings. The molecule has 0 saturated heterocycles. The highest BCUT2D eigenvalue weighted by Crippen LogP contribution is 2.37. The second-order valence-electron chi connectivity index (χ2n) is 6.09. The van der Waals surface area contributed by atoms with E-state index >= 15 is 0 Å². The number of hydrogen-bond acceptors (Lipinski definition) is 2. The molecular formula is C15H25N3. The first-order chi connectivity index (χ1) is 8.74. The number of aromatic nitrogens is 2. The summed E-state index contributed by atoms with van der Waals surface area (Å²) < 4.78 is 2.63. The summed E-state index contributed by atoms with van der Waals surface area (Å²) in [5, 5.41) is 3.45. The molecule has 0 amide bonds. The highest BCUT2D eigenvalue weighted by molar-refractivity contribution is 5.23. The van der Waals surface area contributed by atoms with E-state index in [1.165, 1.54) is 49.3 Å². The number of aryl methyl sites for hydroxylation is 1. The maximum atomic E-state index is 4.89. The normalized spacial score (nSPS) is 22.8. The van der Waals surface area contributed by atoms with Crippen molar-refractivity contribution in [3.8, 4) is 0 Å². The average Bonchev–Trinajstić information content (AvgIpc) is 2.78. The molecule has 0 aromatic carbocycles. The minimum Gasteiger partial charge on any atom is -0.326 e.